The van der Waals surface area contributed by atoms with Gasteiger partial charge in [-0.25, -0.2) is 0 Å². The zero-order chi connectivity index (χ0) is 24.2. The third kappa shape index (κ3) is 4.40. The fourth-order valence-electron chi connectivity index (χ4n) is 4.94. The van der Waals surface area contributed by atoms with E-state index in [1.807, 2.05) is 54.1 Å². The molecule has 1 aliphatic rings. The Hall–Kier alpha value is -3.32. The molecule has 1 N–H and O–H groups in total. The molecule has 0 saturated heterocycles. The first-order chi connectivity index (χ1) is 16.5. The largest absolute Gasteiger partial charge is 0.497 e. The van der Waals surface area contributed by atoms with Gasteiger partial charge in [-0.3, -0.25) is 9.59 Å². The monoisotopic (exact) mass is 462 g/mol. The molecule has 7 nitrogen and oxygen atoms in total. The quantitative estimate of drug-likeness (QED) is 0.468. The molecule has 0 spiro atoms. The predicted molar refractivity (Wildman–Crippen MR) is 134 cm³/mol. The Morgan fingerprint density at radius 1 is 1.09 bits per heavy atom. The summed E-state index contributed by atoms with van der Waals surface area (Å²) in [4.78, 5) is 30.5. The Morgan fingerprint density at radius 2 is 1.79 bits per heavy atom. The number of hydrogen-bond acceptors (Lipinski definition) is 4. The van der Waals surface area contributed by atoms with Crippen molar-refractivity contribution < 1.29 is 14.3 Å². The fraction of sp³-hybridized carbons (Fsp3) is 0.407. The molecule has 4 rings (SSSR count). The molecule has 7 heteroatoms. The number of benzene rings is 2. The summed E-state index contributed by atoms with van der Waals surface area (Å²) in [7, 11) is 3.55. The van der Waals surface area contributed by atoms with Crippen LogP contribution in [-0.4, -0.2) is 66.0 Å². The number of nitrogens with one attached hydrogen (secondary N) is 1. The molecule has 2 heterocycles. The Bertz CT molecular complexity index is 1160. The van der Waals surface area contributed by atoms with E-state index in [9.17, 15) is 9.59 Å². The first-order valence-electron chi connectivity index (χ1n) is 12.0. The molecule has 2 aromatic carbocycles. The van der Waals surface area contributed by atoms with Crippen LogP contribution in [-0.2, 0) is 11.8 Å². The Labute approximate surface area is 201 Å². The highest BCUT2D eigenvalue weighted by atomic mass is 16.5. The maximum Gasteiger partial charge on any atom is 0.272 e. The smallest absolute Gasteiger partial charge is 0.272 e. The van der Waals surface area contributed by atoms with Gasteiger partial charge in [0.25, 0.3) is 5.91 Å². The van der Waals surface area contributed by atoms with Gasteiger partial charge in [-0.15, -0.1) is 0 Å². The van der Waals surface area contributed by atoms with Crippen LogP contribution in [0.4, 0.5) is 0 Å². The molecule has 0 unspecified atom stereocenters. The van der Waals surface area contributed by atoms with E-state index < -0.39 is 0 Å². The van der Waals surface area contributed by atoms with Gasteiger partial charge in [-0.1, -0.05) is 44.2 Å². The molecule has 180 valence electrons. The minimum atomic E-state index is -0.332. The van der Waals surface area contributed by atoms with Crippen molar-refractivity contribution in [2.45, 2.75) is 26.3 Å². The SMILES string of the molecule is CCN(CC)CCCNC(=O)CN1C(=O)c2c(c3ccccc3n2C)[C@@H]1c1ccc(OC)cc1. The molecule has 0 bridgehead atoms. The molecule has 0 saturated carbocycles. The van der Waals surface area contributed by atoms with E-state index in [-0.39, 0.29) is 24.4 Å². The van der Waals surface area contributed by atoms with Crippen LogP contribution in [0.1, 0.15) is 47.9 Å². The zero-order valence-electron chi connectivity index (χ0n) is 20.5. The summed E-state index contributed by atoms with van der Waals surface area (Å²) in [6.07, 6.45) is 0.883. The number of methoxy groups -OCH3 is 1. The molecule has 2 amide bonds. The molecule has 3 aromatic rings. The van der Waals surface area contributed by atoms with Crippen molar-refractivity contribution in [2.24, 2.45) is 7.05 Å². The zero-order valence-corrected chi connectivity index (χ0v) is 20.5. The van der Waals surface area contributed by atoms with Gasteiger partial charge in [0.05, 0.1) is 13.2 Å². The number of aryl methyl sites for hydroxylation is 1. The molecular formula is C27H34N4O3. The number of para-hydroxylation sites is 1. The van der Waals surface area contributed by atoms with Crippen molar-refractivity contribution in [1.82, 2.24) is 19.7 Å². The molecule has 1 aliphatic heterocycles. The number of carbonyl (C=O) groups excluding carboxylic acids is 2. The van der Waals surface area contributed by atoms with E-state index in [4.69, 9.17) is 4.74 Å². The standard InChI is InChI=1S/C27H34N4O3/c1-5-30(6-2)17-9-16-28-23(32)18-31-25(19-12-14-20(34-4)15-13-19)24-21-10-7-8-11-22(21)29(3)26(24)27(31)33/h7-8,10-15,25H,5-6,9,16-18H2,1-4H3,(H,28,32)/t25-/m0/s1. The number of fused-ring (bicyclic) bond motifs is 3. The summed E-state index contributed by atoms with van der Waals surface area (Å²) in [5.41, 5.74) is 3.58. The number of hydrogen-bond donors (Lipinski definition) is 1. The summed E-state index contributed by atoms with van der Waals surface area (Å²) in [5.74, 6) is 0.500. The summed E-state index contributed by atoms with van der Waals surface area (Å²) in [5, 5.41) is 4.05. The topological polar surface area (TPSA) is 66.8 Å². The average molecular weight is 463 g/mol. The van der Waals surface area contributed by atoms with Gasteiger partial charge in [0.1, 0.15) is 18.0 Å². The summed E-state index contributed by atoms with van der Waals surface area (Å²) in [6.45, 7) is 7.85. The number of nitrogens with zero attached hydrogens (tertiary/aromatic N) is 3. The second-order valence-corrected chi connectivity index (χ2v) is 8.68. The van der Waals surface area contributed by atoms with Crippen LogP contribution >= 0.6 is 0 Å². The van der Waals surface area contributed by atoms with Gasteiger partial charge >= 0.3 is 0 Å². The van der Waals surface area contributed by atoms with Gasteiger partial charge in [0, 0.05) is 30.1 Å². The molecular weight excluding hydrogens is 428 g/mol. The lowest BCUT2D eigenvalue weighted by Crippen LogP contribution is -2.40. The number of aromatic nitrogens is 1. The van der Waals surface area contributed by atoms with Crippen LogP contribution < -0.4 is 10.1 Å². The highest BCUT2D eigenvalue weighted by molar-refractivity contribution is 6.07. The van der Waals surface area contributed by atoms with Crippen molar-refractivity contribution in [1.29, 1.82) is 0 Å². The summed E-state index contributed by atoms with van der Waals surface area (Å²) < 4.78 is 7.27. The Kier molecular flexibility index (Phi) is 7.22. The van der Waals surface area contributed by atoms with Gasteiger partial charge in [-0.05, 0) is 49.8 Å². The lowest BCUT2D eigenvalue weighted by atomic mass is 9.98. The van der Waals surface area contributed by atoms with Crippen molar-refractivity contribution in [2.75, 3.05) is 39.8 Å². The van der Waals surface area contributed by atoms with E-state index in [1.165, 1.54) is 0 Å². The van der Waals surface area contributed by atoms with Gasteiger partial charge < -0.3 is 24.4 Å². The van der Waals surface area contributed by atoms with Crippen molar-refractivity contribution in [3.63, 3.8) is 0 Å². The van der Waals surface area contributed by atoms with E-state index in [2.05, 4.69) is 30.1 Å². The Morgan fingerprint density at radius 3 is 2.47 bits per heavy atom. The average Bonchev–Trinajstić information content (AvgIpc) is 3.31. The lowest BCUT2D eigenvalue weighted by Gasteiger charge is -2.26. The van der Waals surface area contributed by atoms with E-state index in [0.717, 1.165) is 53.8 Å². The molecule has 0 fully saturated rings. The van der Waals surface area contributed by atoms with Crippen LogP contribution in [0.5, 0.6) is 5.75 Å². The maximum absolute atomic E-state index is 13.6. The normalized spacial score (nSPS) is 15.3. The number of rotatable bonds is 10. The second-order valence-electron chi connectivity index (χ2n) is 8.68. The molecule has 1 aromatic heterocycles. The van der Waals surface area contributed by atoms with Crippen molar-refractivity contribution in [3.8, 4) is 5.75 Å². The van der Waals surface area contributed by atoms with Gasteiger partial charge in [-0.2, -0.15) is 0 Å². The van der Waals surface area contributed by atoms with Crippen LogP contribution in [0.25, 0.3) is 10.9 Å². The summed E-state index contributed by atoms with van der Waals surface area (Å²) >= 11 is 0. The molecule has 34 heavy (non-hydrogen) atoms. The van der Waals surface area contributed by atoms with E-state index >= 15 is 0 Å². The maximum atomic E-state index is 13.6. The van der Waals surface area contributed by atoms with Crippen molar-refractivity contribution in [3.05, 3.63) is 65.4 Å². The second kappa shape index (κ2) is 10.3. The predicted octanol–water partition coefficient (Wildman–Crippen LogP) is 3.58. The van der Waals surface area contributed by atoms with Crippen LogP contribution in [0, 0.1) is 0 Å². The number of amides is 2. The molecule has 0 radical (unpaired) electrons. The van der Waals surface area contributed by atoms with Crippen molar-refractivity contribution >= 4 is 22.7 Å². The highest BCUT2D eigenvalue weighted by Crippen LogP contribution is 2.43. The van der Waals surface area contributed by atoms with Crippen LogP contribution in [0.15, 0.2) is 48.5 Å². The van der Waals surface area contributed by atoms with Gasteiger partial charge in [0.15, 0.2) is 0 Å². The minimum absolute atomic E-state index is 0.0177. The third-order valence-electron chi connectivity index (χ3n) is 6.81. The first kappa shape index (κ1) is 23.8. The minimum Gasteiger partial charge on any atom is -0.497 e. The molecule has 0 aliphatic carbocycles. The lowest BCUT2D eigenvalue weighted by molar-refractivity contribution is -0.122. The van der Waals surface area contributed by atoms with Crippen LogP contribution in [0.3, 0.4) is 0 Å². The highest BCUT2D eigenvalue weighted by Gasteiger charge is 2.42. The summed E-state index contributed by atoms with van der Waals surface area (Å²) in [6, 6.07) is 15.5. The first-order valence-corrected chi connectivity index (χ1v) is 12.0. The molecule has 1 atom stereocenters. The van der Waals surface area contributed by atoms with Gasteiger partial charge in [0.2, 0.25) is 5.91 Å². The van der Waals surface area contributed by atoms with Crippen LogP contribution in [0.2, 0.25) is 0 Å². The third-order valence-corrected chi connectivity index (χ3v) is 6.81. The fourth-order valence-corrected chi connectivity index (χ4v) is 4.94. The Balaban J connectivity index is 1.60. The van der Waals surface area contributed by atoms with E-state index in [1.54, 1.807) is 12.0 Å². The number of ether oxygens (including phenoxy) is 1. The number of carbonyl (C=O) groups is 2. The van der Waals surface area contributed by atoms with E-state index in [0.29, 0.717) is 12.2 Å².